The Balaban J connectivity index is 1.70. The van der Waals surface area contributed by atoms with Crippen LogP contribution in [-0.4, -0.2) is 22.7 Å². The van der Waals surface area contributed by atoms with Gasteiger partial charge in [-0.15, -0.1) is 0 Å². The maximum atomic E-state index is 5.71. The highest BCUT2D eigenvalue weighted by atomic mass is 32.1. The van der Waals surface area contributed by atoms with Gasteiger partial charge in [-0.3, -0.25) is 4.98 Å². The molecule has 0 unspecified atom stereocenters. The van der Waals surface area contributed by atoms with E-state index in [4.69, 9.17) is 17.0 Å². The number of hydrogen-bond donors (Lipinski definition) is 2. The van der Waals surface area contributed by atoms with Crippen molar-refractivity contribution in [2.45, 2.75) is 32.8 Å². The summed E-state index contributed by atoms with van der Waals surface area (Å²) in [5.74, 6) is 0.931. The smallest absolute Gasteiger partial charge is 0.170 e. The van der Waals surface area contributed by atoms with Crippen LogP contribution in [0.3, 0.4) is 0 Å². The van der Waals surface area contributed by atoms with E-state index < -0.39 is 0 Å². The number of nitrogens with zero attached hydrogens (tertiary/aromatic N) is 1. The van der Waals surface area contributed by atoms with E-state index in [1.807, 2.05) is 38.1 Å². The predicted molar refractivity (Wildman–Crippen MR) is 99.0 cm³/mol. The van der Waals surface area contributed by atoms with Crippen molar-refractivity contribution >= 4 is 23.0 Å². The van der Waals surface area contributed by atoms with Gasteiger partial charge in [0.25, 0.3) is 0 Å². The molecule has 0 aliphatic heterocycles. The van der Waals surface area contributed by atoms with Crippen molar-refractivity contribution in [2.24, 2.45) is 0 Å². The van der Waals surface area contributed by atoms with Gasteiger partial charge >= 0.3 is 0 Å². The minimum absolute atomic E-state index is 0.198. The second-order valence-corrected chi connectivity index (χ2v) is 5.94. The van der Waals surface area contributed by atoms with Crippen LogP contribution in [0.1, 0.15) is 25.8 Å². The Hall–Kier alpha value is -2.14. The maximum Gasteiger partial charge on any atom is 0.170 e. The van der Waals surface area contributed by atoms with Crippen LogP contribution < -0.4 is 15.4 Å². The lowest BCUT2D eigenvalue weighted by atomic mass is 10.1. The molecule has 1 aromatic heterocycles. The monoisotopic (exact) mass is 329 g/mol. The first kappa shape index (κ1) is 17.2. The summed E-state index contributed by atoms with van der Waals surface area (Å²) in [4.78, 5) is 3.97. The summed E-state index contributed by atoms with van der Waals surface area (Å²) in [5.41, 5.74) is 2.22. The second-order valence-electron chi connectivity index (χ2n) is 5.53. The van der Waals surface area contributed by atoms with E-state index in [1.54, 1.807) is 12.4 Å². The Morgan fingerprint density at radius 2 is 2.00 bits per heavy atom. The fourth-order valence-electron chi connectivity index (χ4n) is 2.15. The van der Waals surface area contributed by atoms with Gasteiger partial charge in [-0.1, -0.05) is 12.1 Å². The summed E-state index contributed by atoms with van der Waals surface area (Å²) in [7, 11) is 0. The molecule has 2 rings (SSSR count). The quantitative estimate of drug-likeness (QED) is 0.598. The Kier molecular flexibility index (Phi) is 6.81. The molecular formula is C18H23N3OS. The van der Waals surface area contributed by atoms with E-state index >= 15 is 0 Å². The number of thiocarbonyl (C=S) groups is 1. The van der Waals surface area contributed by atoms with E-state index in [2.05, 4.69) is 27.8 Å². The molecular weight excluding hydrogens is 306 g/mol. The molecule has 122 valence electrons. The number of rotatable bonds is 7. The Labute approximate surface area is 143 Å². The highest BCUT2D eigenvalue weighted by molar-refractivity contribution is 7.80. The molecule has 0 saturated heterocycles. The molecule has 0 aliphatic carbocycles. The standard InChI is InChI=1S/C18H23N3OS/c1-14(2)22-17-7-3-5-15(13-17)6-4-10-20-18(23)21-16-8-11-19-12-9-16/h3,5,7-9,11-14H,4,6,10H2,1-2H3,(H2,19,20,21,23). The number of benzene rings is 1. The van der Waals surface area contributed by atoms with Crippen LogP contribution >= 0.6 is 12.2 Å². The van der Waals surface area contributed by atoms with Crippen molar-refractivity contribution in [3.8, 4) is 5.75 Å². The topological polar surface area (TPSA) is 46.2 Å². The molecule has 2 aromatic rings. The number of aryl methyl sites for hydroxylation is 1. The highest BCUT2D eigenvalue weighted by Crippen LogP contribution is 2.15. The minimum atomic E-state index is 0.198. The first-order valence-electron chi connectivity index (χ1n) is 7.84. The van der Waals surface area contributed by atoms with Crippen LogP contribution in [0.2, 0.25) is 0 Å². The van der Waals surface area contributed by atoms with Crippen LogP contribution in [0.4, 0.5) is 5.69 Å². The maximum absolute atomic E-state index is 5.71. The Bertz CT molecular complexity index is 617. The molecule has 0 saturated carbocycles. The molecule has 5 heteroatoms. The summed E-state index contributed by atoms with van der Waals surface area (Å²) in [6.45, 7) is 4.90. The summed E-state index contributed by atoms with van der Waals surface area (Å²) >= 11 is 5.27. The van der Waals surface area contributed by atoms with Gasteiger partial charge in [0, 0.05) is 24.6 Å². The van der Waals surface area contributed by atoms with Crippen LogP contribution in [0.5, 0.6) is 5.75 Å². The van der Waals surface area contributed by atoms with Crippen LogP contribution in [0, 0.1) is 0 Å². The largest absolute Gasteiger partial charge is 0.491 e. The Morgan fingerprint density at radius 1 is 1.22 bits per heavy atom. The summed E-state index contributed by atoms with van der Waals surface area (Å²) in [6, 6.07) is 12.0. The van der Waals surface area contributed by atoms with Crippen molar-refractivity contribution in [1.29, 1.82) is 0 Å². The number of hydrogen-bond acceptors (Lipinski definition) is 3. The zero-order chi connectivity index (χ0) is 16.5. The lowest BCUT2D eigenvalue weighted by Crippen LogP contribution is -2.29. The van der Waals surface area contributed by atoms with Gasteiger partial charge in [0.05, 0.1) is 6.10 Å². The zero-order valence-corrected chi connectivity index (χ0v) is 14.4. The van der Waals surface area contributed by atoms with Crippen molar-refractivity contribution in [1.82, 2.24) is 10.3 Å². The summed E-state index contributed by atoms with van der Waals surface area (Å²) in [5, 5.41) is 6.98. The molecule has 1 aromatic carbocycles. The normalized spacial score (nSPS) is 10.4. The van der Waals surface area contributed by atoms with E-state index in [0.717, 1.165) is 30.8 Å². The van der Waals surface area contributed by atoms with E-state index in [0.29, 0.717) is 5.11 Å². The van der Waals surface area contributed by atoms with Gasteiger partial charge in [-0.05, 0) is 68.7 Å². The molecule has 0 bridgehead atoms. The van der Waals surface area contributed by atoms with Crippen LogP contribution in [0.25, 0.3) is 0 Å². The molecule has 0 atom stereocenters. The fourth-order valence-corrected chi connectivity index (χ4v) is 2.37. The average Bonchev–Trinajstić information content (AvgIpc) is 2.52. The first-order valence-corrected chi connectivity index (χ1v) is 8.25. The van der Waals surface area contributed by atoms with E-state index in [9.17, 15) is 0 Å². The molecule has 1 heterocycles. The zero-order valence-electron chi connectivity index (χ0n) is 13.6. The van der Waals surface area contributed by atoms with Crippen molar-refractivity contribution in [2.75, 3.05) is 11.9 Å². The predicted octanol–water partition coefficient (Wildman–Crippen LogP) is 3.79. The third-order valence-electron chi connectivity index (χ3n) is 3.14. The number of ether oxygens (including phenoxy) is 1. The van der Waals surface area contributed by atoms with Crippen molar-refractivity contribution < 1.29 is 4.74 Å². The number of anilines is 1. The molecule has 0 spiro atoms. The van der Waals surface area contributed by atoms with Crippen molar-refractivity contribution in [3.05, 3.63) is 54.4 Å². The molecule has 23 heavy (non-hydrogen) atoms. The molecule has 0 fully saturated rings. The fraction of sp³-hybridized carbons (Fsp3) is 0.333. The molecule has 4 nitrogen and oxygen atoms in total. The summed E-state index contributed by atoms with van der Waals surface area (Å²) < 4.78 is 5.71. The molecule has 2 N–H and O–H groups in total. The van der Waals surface area contributed by atoms with E-state index in [-0.39, 0.29) is 6.10 Å². The number of nitrogens with one attached hydrogen (secondary N) is 2. The lowest BCUT2D eigenvalue weighted by Gasteiger charge is -2.12. The molecule has 0 aliphatic rings. The van der Waals surface area contributed by atoms with Gasteiger partial charge < -0.3 is 15.4 Å². The van der Waals surface area contributed by atoms with Gasteiger partial charge in [-0.2, -0.15) is 0 Å². The van der Waals surface area contributed by atoms with Gasteiger partial charge in [0.2, 0.25) is 0 Å². The van der Waals surface area contributed by atoms with E-state index in [1.165, 1.54) is 5.56 Å². The first-order chi connectivity index (χ1) is 11.1. The van der Waals surface area contributed by atoms with Crippen LogP contribution in [-0.2, 0) is 6.42 Å². The van der Waals surface area contributed by atoms with Gasteiger partial charge in [-0.25, -0.2) is 0 Å². The van der Waals surface area contributed by atoms with Gasteiger partial charge in [0.1, 0.15) is 5.75 Å². The number of pyridine rings is 1. The Morgan fingerprint density at radius 3 is 2.74 bits per heavy atom. The van der Waals surface area contributed by atoms with Crippen molar-refractivity contribution in [3.63, 3.8) is 0 Å². The lowest BCUT2D eigenvalue weighted by molar-refractivity contribution is 0.242. The highest BCUT2D eigenvalue weighted by Gasteiger charge is 2.01. The minimum Gasteiger partial charge on any atom is -0.491 e. The second kappa shape index (κ2) is 9.10. The molecule has 0 amide bonds. The third kappa shape index (κ3) is 6.65. The van der Waals surface area contributed by atoms with Gasteiger partial charge in [0.15, 0.2) is 5.11 Å². The summed E-state index contributed by atoms with van der Waals surface area (Å²) in [6.07, 6.45) is 5.65. The average molecular weight is 329 g/mol. The molecule has 0 radical (unpaired) electrons. The van der Waals surface area contributed by atoms with Crippen LogP contribution in [0.15, 0.2) is 48.8 Å². The third-order valence-corrected chi connectivity index (χ3v) is 3.38. The number of aromatic nitrogens is 1. The SMILES string of the molecule is CC(C)Oc1cccc(CCCNC(=S)Nc2ccncc2)c1.